The first kappa shape index (κ1) is 40.0. The minimum atomic E-state index is -0.899. The van der Waals surface area contributed by atoms with Gasteiger partial charge in [0.1, 0.15) is 23.0 Å². The van der Waals surface area contributed by atoms with Crippen molar-refractivity contribution in [1.82, 2.24) is 0 Å². The monoisotopic (exact) mass is 718 g/mol. The Morgan fingerprint density at radius 3 is 1.02 bits per heavy atom. The van der Waals surface area contributed by atoms with Crippen molar-refractivity contribution in [3.63, 3.8) is 0 Å². The Hall–Kier alpha value is -6.44. The highest BCUT2D eigenvalue weighted by Gasteiger charge is 2.14. The van der Waals surface area contributed by atoms with Gasteiger partial charge >= 0.3 is 36.2 Å². The van der Waals surface area contributed by atoms with Gasteiger partial charge in [0.15, 0.2) is 0 Å². The van der Waals surface area contributed by atoms with Crippen molar-refractivity contribution in [3.05, 3.63) is 109 Å². The van der Waals surface area contributed by atoms with Crippen LogP contribution >= 0.6 is 0 Å². The highest BCUT2D eigenvalue weighted by atomic mass is 16.7. The van der Waals surface area contributed by atoms with Gasteiger partial charge in [-0.2, -0.15) is 0 Å². The second-order valence-corrected chi connectivity index (χ2v) is 10.6. The van der Waals surface area contributed by atoms with Gasteiger partial charge < -0.3 is 37.9 Å². The molecule has 0 aromatic heterocycles. The number of rotatable bonds is 20. The van der Waals surface area contributed by atoms with Crippen molar-refractivity contribution in [2.75, 3.05) is 26.4 Å². The molecule has 0 fully saturated rings. The number of esters is 4. The first-order valence-electron chi connectivity index (χ1n) is 16.2. The summed E-state index contributed by atoms with van der Waals surface area (Å²) in [5.41, 5.74) is 0.379. The maximum absolute atomic E-state index is 12.6. The van der Waals surface area contributed by atoms with Crippen LogP contribution in [0.4, 0.5) is 9.59 Å². The van der Waals surface area contributed by atoms with Crippen LogP contribution in [0.5, 0.6) is 23.0 Å². The van der Waals surface area contributed by atoms with Crippen molar-refractivity contribution in [1.29, 1.82) is 0 Å². The zero-order valence-electron chi connectivity index (χ0n) is 28.3. The van der Waals surface area contributed by atoms with E-state index in [1.54, 1.807) is 0 Å². The van der Waals surface area contributed by atoms with Crippen LogP contribution in [0.3, 0.4) is 0 Å². The molecule has 0 saturated heterocycles. The Bertz CT molecular complexity index is 1540. The largest absolute Gasteiger partial charge is 0.513 e. The zero-order valence-corrected chi connectivity index (χ0v) is 28.3. The minimum absolute atomic E-state index is 0.127. The van der Waals surface area contributed by atoms with Crippen molar-refractivity contribution < 1.29 is 66.7 Å². The normalized spacial score (nSPS) is 10.2. The number of unbranched alkanes of at least 4 members (excludes halogenated alkanes) is 4. The molecule has 0 amide bonds. The lowest BCUT2D eigenvalue weighted by Crippen LogP contribution is -2.12. The van der Waals surface area contributed by atoms with Gasteiger partial charge in [0.25, 0.3) is 0 Å². The van der Waals surface area contributed by atoms with Gasteiger partial charge in [0, 0.05) is 12.2 Å². The molecule has 0 radical (unpaired) electrons. The topological polar surface area (TPSA) is 176 Å². The fourth-order valence-corrected chi connectivity index (χ4v) is 4.01. The summed E-state index contributed by atoms with van der Waals surface area (Å²) in [4.78, 5) is 70.9. The van der Waals surface area contributed by atoms with Crippen molar-refractivity contribution in [2.24, 2.45) is 0 Å². The summed E-state index contributed by atoms with van der Waals surface area (Å²) < 4.78 is 40.7. The van der Waals surface area contributed by atoms with Gasteiger partial charge in [0.05, 0.1) is 37.6 Å². The van der Waals surface area contributed by atoms with Gasteiger partial charge in [-0.1, -0.05) is 13.2 Å². The van der Waals surface area contributed by atoms with Crippen LogP contribution in [0.1, 0.15) is 59.2 Å². The molecule has 52 heavy (non-hydrogen) atoms. The van der Waals surface area contributed by atoms with E-state index in [2.05, 4.69) is 13.2 Å². The van der Waals surface area contributed by atoms with Crippen LogP contribution in [0, 0.1) is 0 Å². The predicted molar refractivity (Wildman–Crippen MR) is 183 cm³/mol. The molecular formula is C38H38O14. The number of benzene rings is 3. The standard InChI is InChI=1S/C38H38O14/c1-3-33(39)45-23-7-5-9-25-47-37(43)51-31-15-11-27(12-16-31)35(41)49-29-19-21-30(22-20-29)50-36(42)28-13-17-32(18-14-28)52-38(44)48-26-10-6-8-24-46-34(40)4-2/h3-4,11-22H,1-2,5-10,23-26H2. The summed E-state index contributed by atoms with van der Waals surface area (Å²) in [7, 11) is 0. The van der Waals surface area contributed by atoms with Gasteiger partial charge in [-0.25, -0.2) is 28.8 Å². The van der Waals surface area contributed by atoms with Crippen LogP contribution in [0.15, 0.2) is 98.1 Å². The van der Waals surface area contributed by atoms with E-state index in [0.29, 0.717) is 38.5 Å². The third-order valence-electron chi connectivity index (χ3n) is 6.67. The molecule has 14 nitrogen and oxygen atoms in total. The van der Waals surface area contributed by atoms with E-state index in [0.717, 1.165) is 12.2 Å². The smallest absolute Gasteiger partial charge is 0.463 e. The molecule has 0 aliphatic rings. The van der Waals surface area contributed by atoms with Crippen molar-refractivity contribution >= 4 is 36.2 Å². The molecule has 274 valence electrons. The summed E-state index contributed by atoms with van der Waals surface area (Å²) in [6.07, 6.45) is 4.09. The van der Waals surface area contributed by atoms with E-state index >= 15 is 0 Å². The lowest BCUT2D eigenvalue weighted by atomic mass is 10.2. The lowest BCUT2D eigenvalue weighted by Gasteiger charge is -2.09. The number of ether oxygens (including phenoxy) is 8. The van der Waals surface area contributed by atoms with Crippen molar-refractivity contribution in [3.8, 4) is 23.0 Å². The SMILES string of the molecule is C=CC(=O)OCCCCCOC(=O)Oc1ccc(C(=O)Oc2ccc(OC(=O)c3ccc(OC(=O)OCCCCCOC(=O)C=C)cc3)cc2)cc1. The first-order valence-corrected chi connectivity index (χ1v) is 16.2. The van der Waals surface area contributed by atoms with E-state index in [1.807, 2.05) is 0 Å². The summed E-state index contributed by atoms with van der Waals surface area (Å²) in [6.45, 7) is 7.39. The Labute approximate surface area is 299 Å². The Morgan fingerprint density at radius 2 is 0.692 bits per heavy atom. The molecule has 0 spiro atoms. The molecule has 14 heteroatoms. The highest BCUT2D eigenvalue weighted by molar-refractivity contribution is 5.92. The Morgan fingerprint density at radius 1 is 0.404 bits per heavy atom. The maximum atomic E-state index is 12.6. The molecule has 0 atom stereocenters. The van der Waals surface area contributed by atoms with Crippen LogP contribution in [0.2, 0.25) is 0 Å². The highest BCUT2D eigenvalue weighted by Crippen LogP contribution is 2.22. The van der Waals surface area contributed by atoms with Crippen LogP contribution < -0.4 is 18.9 Å². The predicted octanol–water partition coefficient (Wildman–Crippen LogP) is 6.95. The third kappa shape index (κ3) is 15.4. The third-order valence-corrected chi connectivity index (χ3v) is 6.67. The van der Waals surface area contributed by atoms with E-state index in [9.17, 15) is 28.8 Å². The molecule has 3 rings (SSSR count). The molecule has 3 aromatic rings. The minimum Gasteiger partial charge on any atom is -0.463 e. The molecular weight excluding hydrogens is 680 g/mol. The van der Waals surface area contributed by atoms with Gasteiger partial charge in [0.2, 0.25) is 0 Å². The molecule has 0 saturated carbocycles. The number of hydrogen-bond donors (Lipinski definition) is 0. The summed E-state index contributed by atoms with van der Waals surface area (Å²) in [6, 6.07) is 17.1. The number of carbonyl (C=O) groups is 6. The van der Waals surface area contributed by atoms with Crippen LogP contribution in [0.25, 0.3) is 0 Å². The quantitative estimate of drug-likeness (QED) is 0.0293. The van der Waals surface area contributed by atoms with Gasteiger partial charge in [-0.3, -0.25) is 0 Å². The number of hydrogen-bond acceptors (Lipinski definition) is 14. The average Bonchev–Trinajstić information content (AvgIpc) is 3.15. The first-order chi connectivity index (χ1) is 25.2. The summed E-state index contributed by atoms with van der Waals surface area (Å²) in [5, 5.41) is 0. The fourth-order valence-electron chi connectivity index (χ4n) is 4.01. The van der Waals surface area contributed by atoms with Gasteiger partial charge in [-0.05, 0) is 111 Å². The van der Waals surface area contributed by atoms with E-state index in [4.69, 9.17) is 37.9 Å². The molecule has 0 aliphatic carbocycles. The molecule has 0 heterocycles. The number of carbonyl (C=O) groups excluding carboxylic acids is 6. The Balaban J connectivity index is 1.34. The summed E-state index contributed by atoms with van der Waals surface area (Å²) >= 11 is 0. The van der Waals surface area contributed by atoms with E-state index < -0.39 is 36.2 Å². The van der Waals surface area contributed by atoms with Crippen molar-refractivity contribution in [2.45, 2.75) is 38.5 Å². The maximum Gasteiger partial charge on any atom is 0.513 e. The summed E-state index contributed by atoms with van der Waals surface area (Å²) in [5.74, 6) is -1.61. The second-order valence-electron chi connectivity index (χ2n) is 10.6. The molecule has 0 unspecified atom stereocenters. The fraction of sp³-hybridized carbons (Fsp3) is 0.263. The molecule has 0 bridgehead atoms. The van der Waals surface area contributed by atoms with Crippen LogP contribution in [-0.2, 0) is 28.5 Å². The van der Waals surface area contributed by atoms with E-state index in [1.165, 1.54) is 72.8 Å². The van der Waals surface area contributed by atoms with Gasteiger partial charge in [-0.15, -0.1) is 0 Å². The molecule has 3 aromatic carbocycles. The second kappa shape index (κ2) is 22.3. The molecule has 0 N–H and O–H groups in total. The van der Waals surface area contributed by atoms with E-state index in [-0.39, 0.29) is 60.6 Å². The zero-order chi connectivity index (χ0) is 37.6. The molecule has 0 aliphatic heterocycles. The lowest BCUT2D eigenvalue weighted by molar-refractivity contribution is -0.138. The Kier molecular flexibility index (Phi) is 17.2. The average molecular weight is 719 g/mol. The van der Waals surface area contributed by atoms with Crippen LogP contribution in [-0.4, -0.2) is 62.6 Å².